The molecule has 1 aromatic rings. The molecule has 1 aromatic carbocycles. The first kappa shape index (κ1) is 28.6. The third-order valence-corrected chi connectivity index (χ3v) is 6.30. The molecule has 0 fully saturated rings. The van der Waals surface area contributed by atoms with Crippen LogP contribution < -0.4 is 4.74 Å². The molecule has 0 amide bonds. The zero-order valence-electron chi connectivity index (χ0n) is 21.4. The van der Waals surface area contributed by atoms with Gasteiger partial charge in [-0.05, 0) is 57.1 Å². The van der Waals surface area contributed by atoms with Crippen LogP contribution in [0.2, 0.25) is 0 Å². The number of benzene rings is 1. The van der Waals surface area contributed by atoms with Crippen LogP contribution in [-0.2, 0) is 14.3 Å². The SMILES string of the molecule is CC(C)C(C)C(C)(C)CC(=O)C(C)(C)OCCC(C)(C)OC(=O)Oc1ccc([N+](=O)[O-])cc1. The van der Waals surface area contributed by atoms with Gasteiger partial charge in [0.1, 0.15) is 17.0 Å². The maximum Gasteiger partial charge on any atom is 0.514 e. The molecule has 186 valence electrons. The summed E-state index contributed by atoms with van der Waals surface area (Å²) in [6.45, 7) is 17.9. The molecule has 0 N–H and O–H groups in total. The predicted octanol–water partition coefficient (Wildman–Crippen LogP) is 6.35. The van der Waals surface area contributed by atoms with E-state index in [4.69, 9.17) is 14.2 Å². The molecule has 1 unspecified atom stereocenters. The lowest BCUT2D eigenvalue weighted by atomic mass is 9.70. The predicted molar refractivity (Wildman–Crippen MR) is 126 cm³/mol. The summed E-state index contributed by atoms with van der Waals surface area (Å²) < 4.78 is 16.4. The summed E-state index contributed by atoms with van der Waals surface area (Å²) in [6, 6.07) is 5.13. The number of carbonyl (C=O) groups is 2. The van der Waals surface area contributed by atoms with Crippen LogP contribution in [0.3, 0.4) is 0 Å². The molecule has 0 saturated heterocycles. The zero-order valence-corrected chi connectivity index (χ0v) is 21.4. The summed E-state index contributed by atoms with van der Waals surface area (Å²) in [5.74, 6) is 1.03. The van der Waals surface area contributed by atoms with E-state index in [9.17, 15) is 19.7 Å². The third kappa shape index (κ3) is 9.12. The largest absolute Gasteiger partial charge is 0.514 e. The van der Waals surface area contributed by atoms with Gasteiger partial charge in [0.05, 0.1) is 11.5 Å². The molecular formula is C25H39NO7. The topological polar surface area (TPSA) is 105 Å². The minimum Gasteiger partial charge on any atom is -0.428 e. The fourth-order valence-corrected chi connectivity index (χ4v) is 3.35. The number of ether oxygens (including phenoxy) is 3. The lowest BCUT2D eigenvalue weighted by molar-refractivity contribution is -0.384. The van der Waals surface area contributed by atoms with Crippen LogP contribution in [0.4, 0.5) is 10.5 Å². The number of non-ortho nitro benzene ring substituents is 1. The van der Waals surface area contributed by atoms with Crippen LogP contribution in [0.15, 0.2) is 24.3 Å². The van der Waals surface area contributed by atoms with Gasteiger partial charge in [0.25, 0.3) is 5.69 Å². The second kappa shape index (κ2) is 11.1. The number of Topliss-reactive ketones (excluding diaryl/α,β-unsaturated/α-hetero) is 1. The van der Waals surface area contributed by atoms with Crippen LogP contribution >= 0.6 is 0 Å². The minimum atomic E-state index is -0.955. The molecule has 0 spiro atoms. The van der Waals surface area contributed by atoms with Crippen molar-refractivity contribution in [1.82, 2.24) is 0 Å². The monoisotopic (exact) mass is 465 g/mol. The standard InChI is InChI=1S/C25H39NO7/c1-17(2)18(3)23(4,5)16-21(27)25(8,9)31-15-14-24(6,7)33-22(28)32-20-12-10-19(11-13-20)26(29)30/h10-13,17-18H,14-16H2,1-9H3. The number of ketones is 1. The molecule has 0 heterocycles. The number of carbonyl (C=O) groups excluding carboxylic acids is 2. The van der Waals surface area contributed by atoms with Gasteiger partial charge in [-0.2, -0.15) is 0 Å². The Balaban J connectivity index is 2.58. The molecule has 1 rings (SSSR count). The summed E-state index contributed by atoms with van der Waals surface area (Å²) in [7, 11) is 0. The maximum atomic E-state index is 12.9. The van der Waals surface area contributed by atoms with Crippen molar-refractivity contribution in [2.75, 3.05) is 6.61 Å². The van der Waals surface area contributed by atoms with Crippen molar-refractivity contribution < 1.29 is 28.7 Å². The molecule has 0 saturated carbocycles. The Hall–Kier alpha value is -2.48. The highest BCUT2D eigenvalue weighted by molar-refractivity contribution is 5.87. The summed E-state index contributed by atoms with van der Waals surface area (Å²) >= 11 is 0. The molecule has 0 aliphatic rings. The molecule has 0 bridgehead atoms. The van der Waals surface area contributed by atoms with Crippen molar-refractivity contribution >= 4 is 17.6 Å². The van der Waals surface area contributed by atoms with E-state index in [-0.39, 0.29) is 29.2 Å². The molecular weight excluding hydrogens is 426 g/mol. The average molecular weight is 466 g/mol. The first-order valence-electron chi connectivity index (χ1n) is 11.3. The van der Waals surface area contributed by atoms with Gasteiger partial charge in [-0.15, -0.1) is 0 Å². The summed E-state index contributed by atoms with van der Waals surface area (Å²) in [4.78, 5) is 35.2. The van der Waals surface area contributed by atoms with Crippen molar-refractivity contribution in [3.05, 3.63) is 34.4 Å². The fourth-order valence-electron chi connectivity index (χ4n) is 3.35. The normalized spacial score (nSPS) is 13.5. The van der Waals surface area contributed by atoms with Gasteiger partial charge < -0.3 is 14.2 Å². The van der Waals surface area contributed by atoms with Crippen LogP contribution in [0.5, 0.6) is 5.75 Å². The highest BCUT2D eigenvalue weighted by atomic mass is 16.7. The molecule has 8 heteroatoms. The molecule has 0 aliphatic heterocycles. The molecule has 0 radical (unpaired) electrons. The van der Waals surface area contributed by atoms with E-state index in [1.165, 1.54) is 24.3 Å². The molecule has 0 aliphatic carbocycles. The van der Waals surface area contributed by atoms with E-state index in [1.54, 1.807) is 27.7 Å². The number of nitrogens with zero attached hydrogens (tertiary/aromatic N) is 1. The summed E-state index contributed by atoms with van der Waals surface area (Å²) in [5.41, 5.74) is -2.10. The first-order chi connectivity index (χ1) is 15.0. The third-order valence-electron chi connectivity index (χ3n) is 6.30. The Morgan fingerprint density at radius 1 is 1.00 bits per heavy atom. The van der Waals surface area contributed by atoms with E-state index < -0.39 is 22.3 Å². The van der Waals surface area contributed by atoms with Gasteiger partial charge in [-0.3, -0.25) is 14.9 Å². The highest BCUT2D eigenvalue weighted by Crippen LogP contribution is 2.37. The van der Waals surface area contributed by atoms with Gasteiger partial charge in [-0.1, -0.05) is 34.6 Å². The van der Waals surface area contributed by atoms with Gasteiger partial charge in [0.2, 0.25) is 0 Å². The van der Waals surface area contributed by atoms with E-state index in [0.29, 0.717) is 24.7 Å². The van der Waals surface area contributed by atoms with Gasteiger partial charge >= 0.3 is 6.16 Å². The Morgan fingerprint density at radius 2 is 1.55 bits per heavy atom. The second-order valence-electron chi connectivity index (χ2n) is 10.7. The van der Waals surface area contributed by atoms with Gasteiger partial charge in [-0.25, -0.2) is 4.79 Å². The van der Waals surface area contributed by atoms with Crippen molar-refractivity contribution in [1.29, 1.82) is 0 Å². The Kier molecular flexibility index (Phi) is 9.60. The Bertz CT molecular complexity index is 826. The number of hydrogen-bond donors (Lipinski definition) is 0. The summed E-state index contributed by atoms with van der Waals surface area (Å²) in [5, 5.41) is 10.7. The van der Waals surface area contributed by atoms with E-state index in [1.807, 2.05) is 0 Å². The van der Waals surface area contributed by atoms with Crippen molar-refractivity contribution in [3.63, 3.8) is 0 Å². The average Bonchev–Trinajstić information content (AvgIpc) is 2.66. The zero-order chi connectivity index (χ0) is 25.6. The quantitative estimate of drug-likeness (QED) is 0.153. The van der Waals surface area contributed by atoms with E-state index >= 15 is 0 Å². The molecule has 33 heavy (non-hydrogen) atoms. The van der Waals surface area contributed by atoms with Crippen LogP contribution in [0.1, 0.15) is 75.2 Å². The van der Waals surface area contributed by atoms with Crippen LogP contribution in [0.25, 0.3) is 0 Å². The fraction of sp³-hybridized carbons (Fsp3) is 0.680. The molecule has 1 atom stereocenters. The smallest absolute Gasteiger partial charge is 0.428 e. The van der Waals surface area contributed by atoms with E-state index in [0.717, 1.165) is 0 Å². The maximum absolute atomic E-state index is 12.9. The number of hydrogen-bond acceptors (Lipinski definition) is 7. The van der Waals surface area contributed by atoms with E-state index in [2.05, 4.69) is 34.6 Å². The minimum absolute atomic E-state index is 0.0382. The van der Waals surface area contributed by atoms with Crippen molar-refractivity contribution in [3.8, 4) is 5.75 Å². The lowest BCUT2D eigenvalue weighted by Gasteiger charge is -2.37. The number of nitro benzene ring substituents is 1. The van der Waals surface area contributed by atoms with Crippen LogP contribution in [0, 0.1) is 27.4 Å². The van der Waals surface area contributed by atoms with Crippen molar-refractivity contribution in [2.24, 2.45) is 17.3 Å². The van der Waals surface area contributed by atoms with Crippen molar-refractivity contribution in [2.45, 2.75) is 86.4 Å². The highest BCUT2D eigenvalue weighted by Gasteiger charge is 2.37. The molecule has 0 aromatic heterocycles. The number of nitro groups is 1. The number of rotatable bonds is 12. The Morgan fingerprint density at radius 3 is 2.03 bits per heavy atom. The first-order valence-corrected chi connectivity index (χ1v) is 11.3. The lowest BCUT2D eigenvalue weighted by Crippen LogP contribution is -2.41. The van der Waals surface area contributed by atoms with Gasteiger partial charge in [0.15, 0.2) is 5.78 Å². The van der Waals surface area contributed by atoms with Crippen LogP contribution in [-0.4, -0.2) is 34.7 Å². The van der Waals surface area contributed by atoms with Gasteiger partial charge in [0, 0.05) is 25.0 Å². The summed E-state index contributed by atoms with van der Waals surface area (Å²) in [6.07, 6.45) is -0.153. The second-order valence-corrected chi connectivity index (χ2v) is 10.7. The molecule has 8 nitrogen and oxygen atoms in total. The Labute approximate surface area is 197 Å².